The van der Waals surface area contributed by atoms with Gasteiger partial charge < -0.3 is 15.1 Å². The normalized spacial score (nSPS) is 17.8. The first-order valence-corrected chi connectivity index (χ1v) is 14.6. The topological polar surface area (TPSA) is 35.6 Å². The summed E-state index contributed by atoms with van der Waals surface area (Å²) in [5, 5.41) is 3.33. The van der Waals surface area contributed by atoms with Crippen LogP contribution < -0.4 is 10.2 Å². The van der Waals surface area contributed by atoms with Gasteiger partial charge in [0, 0.05) is 54.9 Å². The van der Waals surface area contributed by atoms with E-state index in [0.29, 0.717) is 44.0 Å². The summed E-state index contributed by atoms with van der Waals surface area (Å²) in [6.07, 6.45) is 1.19. The molecule has 4 rings (SSSR count). The summed E-state index contributed by atoms with van der Waals surface area (Å²) < 4.78 is 76.7. The Balaban J connectivity index is 1.14. The highest BCUT2D eigenvalue weighted by molar-refractivity contribution is 8.00. The van der Waals surface area contributed by atoms with Crippen LogP contribution in [0.1, 0.15) is 50.5 Å². The summed E-state index contributed by atoms with van der Waals surface area (Å²) in [6, 6.07) is 9.88. The van der Waals surface area contributed by atoms with Gasteiger partial charge in [-0.25, -0.2) is 0 Å². The summed E-state index contributed by atoms with van der Waals surface area (Å²) >= 11 is 5.68. The molecule has 0 spiro atoms. The Kier molecular flexibility index (Phi) is 10.1. The average Bonchev–Trinajstić information content (AvgIpc) is 2.90. The number of alkyl halides is 6. The second-order valence-corrected chi connectivity index (χ2v) is 11.9. The molecule has 0 atom stereocenters. The number of piperidine rings is 2. The Morgan fingerprint density at radius 2 is 1.57 bits per heavy atom. The highest BCUT2D eigenvalue weighted by Gasteiger charge is 2.31. The van der Waals surface area contributed by atoms with E-state index < -0.39 is 17.2 Å². The van der Waals surface area contributed by atoms with E-state index in [1.807, 2.05) is 4.90 Å². The van der Waals surface area contributed by atoms with E-state index in [-0.39, 0.29) is 33.6 Å². The molecule has 2 saturated heterocycles. The van der Waals surface area contributed by atoms with Gasteiger partial charge in [-0.15, -0.1) is 0 Å². The molecule has 1 N–H and O–H groups in total. The molecule has 12 heteroatoms. The van der Waals surface area contributed by atoms with Crippen LogP contribution in [0, 0.1) is 5.92 Å². The van der Waals surface area contributed by atoms with Gasteiger partial charge in [-0.05, 0) is 98.7 Å². The molecule has 0 bridgehead atoms. The van der Waals surface area contributed by atoms with E-state index >= 15 is 0 Å². The summed E-state index contributed by atoms with van der Waals surface area (Å²) in [4.78, 5) is 16.7. The number of benzene rings is 2. The number of carbonyl (C=O) groups excluding carboxylic acids is 1. The van der Waals surface area contributed by atoms with Crippen LogP contribution >= 0.6 is 23.4 Å². The van der Waals surface area contributed by atoms with Crippen molar-refractivity contribution in [1.82, 2.24) is 4.90 Å². The van der Waals surface area contributed by atoms with Crippen molar-refractivity contribution < 1.29 is 31.1 Å². The van der Waals surface area contributed by atoms with Crippen LogP contribution in [-0.2, 0) is 11.0 Å². The number of hydrogen-bond acceptors (Lipinski definition) is 4. The van der Waals surface area contributed by atoms with Gasteiger partial charge in [-0.1, -0.05) is 11.6 Å². The summed E-state index contributed by atoms with van der Waals surface area (Å²) in [7, 11) is 0. The lowest BCUT2D eigenvalue weighted by molar-refractivity contribution is -0.137. The Morgan fingerprint density at radius 1 is 0.925 bits per heavy atom. The summed E-state index contributed by atoms with van der Waals surface area (Å²) in [5.41, 5.74) is -3.68. The molecular formula is C28H32ClF6N3OS. The number of hydrogen-bond donors (Lipinski definition) is 1. The highest BCUT2D eigenvalue weighted by atomic mass is 35.5. The molecule has 0 radical (unpaired) electrons. The van der Waals surface area contributed by atoms with Crippen LogP contribution in [0.5, 0.6) is 0 Å². The standard InChI is InChI=1S/C28H32ClF6N3OS/c29-24-9-6-22(18-25(24)40-28(33,34)35)36-21-12-16-38(17-13-21)26(39)3-1-2-19-10-14-37(15-11-19)23-7-4-20(5-8-23)27(30,31)32/h4-9,18-19,21,36H,1-3,10-17H2. The first kappa shape index (κ1) is 30.7. The van der Waals surface area contributed by atoms with E-state index in [0.717, 1.165) is 56.6 Å². The molecule has 2 aliphatic heterocycles. The molecule has 2 aliphatic rings. The van der Waals surface area contributed by atoms with Crippen molar-refractivity contribution in [2.75, 3.05) is 36.4 Å². The smallest absolute Gasteiger partial charge is 0.382 e. The van der Waals surface area contributed by atoms with Crippen LogP contribution in [0.2, 0.25) is 5.02 Å². The molecule has 2 fully saturated rings. The van der Waals surface area contributed by atoms with E-state index in [1.54, 1.807) is 6.07 Å². The van der Waals surface area contributed by atoms with Crippen molar-refractivity contribution in [3.63, 3.8) is 0 Å². The number of nitrogens with zero attached hydrogens (tertiary/aromatic N) is 2. The molecule has 2 aromatic carbocycles. The average molecular weight is 608 g/mol. The first-order valence-electron chi connectivity index (χ1n) is 13.4. The molecule has 40 heavy (non-hydrogen) atoms. The third-order valence-corrected chi connectivity index (χ3v) is 8.78. The predicted octanol–water partition coefficient (Wildman–Crippen LogP) is 8.46. The van der Waals surface area contributed by atoms with E-state index in [4.69, 9.17) is 11.6 Å². The van der Waals surface area contributed by atoms with Crippen molar-refractivity contribution in [2.45, 2.75) is 67.6 Å². The molecule has 0 aliphatic carbocycles. The molecule has 220 valence electrons. The molecule has 0 unspecified atom stereocenters. The monoisotopic (exact) mass is 607 g/mol. The Bertz CT molecular complexity index is 1130. The number of thioether (sulfide) groups is 1. The fourth-order valence-electron chi connectivity index (χ4n) is 5.35. The Labute approximate surface area is 239 Å². The zero-order chi connectivity index (χ0) is 28.9. The maximum Gasteiger partial charge on any atom is 0.446 e. The lowest BCUT2D eigenvalue weighted by Crippen LogP contribution is -2.42. The largest absolute Gasteiger partial charge is 0.446 e. The first-order chi connectivity index (χ1) is 18.9. The number of halogens is 7. The van der Waals surface area contributed by atoms with Crippen molar-refractivity contribution in [3.8, 4) is 0 Å². The Morgan fingerprint density at radius 3 is 2.17 bits per heavy atom. The van der Waals surface area contributed by atoms with Crippen molar-refractivity contribution >= 4 is 40.6 Å². The fraction of sp³-hybridized carbons (Fsp3) is 0.536. The van der Waals surface area contributed by atoms with Gasteiger partial charge in [0.05, 0.1) is 10.6 Å². The quantitative estimate of drug-likeness (QED) is 0.241. The molecule has 0 saturated carbocycles. The van der Waals surface area contributed by atoms with Gasteiger partial charge in [-0.2, -0.15) is 26.3 Å². The zero-order valence-electron chi connectivity index (χ0n) is 21.8. The molecule has 0 aromatic heterocycles. The molecule has 4 nitrogen and oxygen atoms in total. The van der Waals surface area contributed by atoms with Crippen LogP contribution in [-0.4, -0.2) is 48.5 Å². The number of amides is 1. The lowest BCUT2D eigenvalue weighted by Gasteiger charge is -2.34. The van der Waals surface area contributed by atoms with Crippen LogP contribution in [0.15, 0.2) is 47.4 Å². The third-order valence-electron chi connectivity index (χ3n) is 7.55. The van der Waals surface area contributed by atoms with Crippen molar-refractivity contribution in [2.24, 2.45) is 5.92 Å². The van der Waals surface area contributed by atoms with Gasteiger partial charge >= 0.3 is 11.7 Å². The maximum atomic E-state index is 12.8. The number of anilines is 2. The SMILES string of the molecule is O=C(CCCC1CCN(c2ccc(C(F)(F)F)cc2)CC1)N1CCC(Nc2ccc(Cl)c(SC(F)(F)F)c2)CC1. The second kappa shape index (κ2) is 13.1. The van der Waals surface area contributed by atoms with Gasteiger partial charge in [0.1, 0.15) is 0 Å². The number of rotatable bonds is 8. The Hall–Kier alpha value is -2.27. The van der Waals surface area contributed by atoms with Crippen molar-refractivity contribution in [3.05, 3.63) is 53.1 Å². The van der Waals surface area contributed by atoms with Crippen molar-refractivity contribution in [1.29, 1.82) is 0 Å². The minimum atomic E-state index is -4.42. The maximum absolute atomic E-state index is 12.8. The minimum absolute atomic E-state index is 0.0444. The number of nitrogens with one attached hydrogen (secondary N) is 1. The second-order valence-electron chi connectivity index (χ2n) is 10.4. The zero-order valence-corrected chi connectivity index (χ0v) is 23.4. The van der Waals surface area contributed by atoms with E-state index in [1.165, 1.54) is 24.3 Å². The van der Waals surface area contributed by atoms with Gasteiger partial charge in [0.25, 0.3) is 0 Å². The van der Waals surface area contributed by atoms with Crippen LogP contribution in [0.25, 0.3) is 0 Å². The molecule has 2 aromatic rings. The summed E-state index contributed by atoms with van der Waals surface area (Å²) in [5.74, 6) is 0.615. The molecule has 2 heterocycles. The van der Waals surface area contributed by atoms with Gasteiger partial charge in [0.2, 0.25) is 5.91 Å². The predicted molar refractivity (Wildman–Crippen MR) is 147 cm³/mol. The summed E-state index contributed by atoms with van der Waals surface area (Å²) in [6.45, 7) is 2.77. The van der Waals surface area contributed by atoms with E-state index in [9.17, 15) is 31.1 Å². The lowest BCUT2D eigenvalue weighted by atomic mass is 9.91. The highest BCUT2D eigenvalue weighted by Crippen LogP contribution is 2.41. The number of likely N-dealkylation sites (tertiary alicyclic amines) is 1. The molecular weight excluding hydrogens is 576 g/mol. The van der Waals surface area contributed by atoms with Gasteiger partial charge in [-0.3, -0.25) is 4.79 Å². The van der Waals surface area contributed by atoms with Gasteiger partial charge in [0.15, 0.2) is 0 Å². The molecule has 1 amide bonds. The van der Waals surface area contributed by atoms with Crippen LogP contribution in [0.3, 0.4) is 0 Å². The third kappa shape index (κ3) is 8.86. The van der Waals surface area contributed by atoms with Crippen LogP contribution in [0.4, 0.5) is 37.7 Å². The minimum Gasteiger partial charge on any atom is -0.382 e. The number of carbonyl (C=O) groups is 1. The fourth-order valence-corrected chi connectivity index (χ4v) is 6.18. The van der Waals surface area contributed by atoms with E-state index in [2.05, 4.69) is 10.2 Å².